The Bertz CT molecular complexity index is 834. The van der Waals surface area contributed by atoms with Gasteiger partial charge in [0, 0.05) is 29.5 Å². The highest BCUT2D eigenvalue weighted by atomic mass is 32.1. The fourth-order valence-corrected chi connectivity index (χ4v) is 4.61. The lowest BCUT2D eigenvalue weighted by atomic mass is 10.00. The van der Waals surface area contributed by atoms with Crippen molar-refractivity contribution in [3.63, 3.8) is 0 Å². The van der Waals surface area contributed by atoms with Crippen LogP contribution in [-0.2, 0) is 11.4 Å². The first kappa shape index (κ1) is 17.3. The third-order valence-corrected chi connectivity index (χ3v) is 5.86. The van der Waals surface area contributed by atoms with Gasteiger partial charge in [0.1, 0.15) is 18.1 Å². The molecule has 0 radical (unpaired) electrons. The van der Waals surface area contributed by atoms with Gasteiger partial charge in [0.05, 0.1) is 0 Å². The van der Waals surface area contributed by atoms with Crippen molar-refractivity contribution in [1.82, 2.24) is 4.90 Å². The van der Waals surface area contributed by atoms with Gasteiger partial charge in [-0.25, -0.2) is 0 Å². The summed E-state index contributed by atoms with van der Waals surface area (Å²) < 4.78 is 11.3. The molecule has 0 aliphatic carbocycles. The van der Waals surface area contributed by atoms with Crippen LogP contribution in [0.5, 0.6) is 11.5 Å². The summed E-state index contributed by atoms with van der Waals surface area (Å²) >= 11 is 1.74. The lowest BCUT2D eigenvalue weighted by Crippen LogP contribution is -2.19. The van der Waals surface area contributed by atoms with Crippen LogP contribution in [0.1, 0.15) is 42.2 Å². The first-order valence-electron chi connectivity index (χ1n) is 9.15. The topological polar surface area (TPSA) is 38.8 Å². The molecule has 1 saturated heterocycles. The highest BCUT2D eigenvalue weighted by Crippen LogP contribution is 2.41. The zero-order valence-corrected chi connectivity index (χ0v) is 15.8. The predicted octanol–water partition coefficient (Wildman–Crippen LogP) is 4.48. The van der Waals surface area contributed by atoms with Gasteiger partial charge in [-0.1, -0.05) is 6.08 Å². The number of rotatable bonds is 4. The molecular formula is C21H23NO3S. The summed E-state index contributed by atoms with van der Waals surface area (Å²) in [6.45, 7) is 5.51. The van der Waals surface area contributed by atoms with Crippen LogP contribution >= 0.6 is 11.3 Å². The molecule has 2 aliphatic heterocycles. The number of esters is 1. The molecule has 1 fully saturated rings. The van der Waals surface area contributed by atoms with Crippen molar-refractivity contribution in [3.8, 4) is 11.5 Å². The van der Waals surface area contributed by atoms with Crippen LogP contribution in [0.3, 0.4) is 0 Å². The van der Waals surface area contributed by atoms with Crippen molar-refractivity contribution < 1.29 is 14.3 Å². The Kier molecular flexibility index (Phi) is 5.09. The van der Waals surface area contributed by atoms with Gasteiger partial charge in [-0.05, 0) is 67.6 Å². The van der Waals surface area contributed by atoms with Gasteiger partial charge in [0.15, 0.2) is 0 Å². The summed E-state index contributed by atoms with van der Waals surface area (Å²) in [4.78, 5) is 15.1. The van der Waals surface area contributed by atoms with Crippen molar-refractivity contribution in [2.24, 2.45) is 0 Å². The lowest BCUT2D eigenvalue weighted by molar-refractivity contribution is -0.131. The van der Waals surface area contributed by atoms with E-state index in [2.05, 4.69) is 22.4 Å². The van der Waals surface area contributed by atoms with E-state index in [-0.39, 0.29) is 5.97 Å². The molecule has 26 heavy (non-hydrogen) atoms. The van der Waals surface area contributed by atoms with Crippen molar-refractivity contribution in [2.45, 2.75) is 32.8 Å². The van der Waals surface area contributed by atoms with Crippen LogP contribution in [0, 0.1) is 0 Å². The minimum absolute atomic E-state index is 0.309. The molecule has 0 unspecified atom stereocenters. The average Bonchev–Trinajstić information content (AvgIpc) is 3.27. The molecule has 4 nitrogen and oxygen atoms in total. The molecule has 3 heterocycles. The fraction of sp³-hybridized carbons (Fsp3) is 0.381. The first-order chi connectivity index (χ1) is 12.7. The zero-order chi connectivity index (χ0) is 17.9. The molecule has 4 rings (SSSR count). The first-order valence-corrected chi connectivity index (χ1v) is 10.0. The van der Waals surface area contributed by atoms with E-state index in [1.54, 1.807) is 17.4 Å². The Morgan fingerprint density at radius 1 is 1.31 bits per heavy atom. The highest BCUT2D eigenvalue weighted by molar-refractivity contribution is 7.11. The maximum absolute atomic E-state index is 11.3. The number of likely N-dealkylation sites (tertiary alicyclic amines) is 1. The second-order valence-corrected chi connectivity index (χ2v) is 7.69. The number of thiophene rings is 1. The largest absolute Gasteiger partial charge is 0.488 e. The lowest BCUT2D eigenvalue weighted by Gasteiger charge is -2.14. The van der Waals surface area contributed by atoms with Gasteiger partial charge in [-0.15, -0.1) is 11.3 Å². The summed E-state index contributed by atoms with van der Waals surface area (Å²) in [7, 11) is 0. The Balaban J connectivity index is 1.67. The molecule has 1 aromatic heterocycles. The molecule has 1 aromatic carbocycles. The highest BCUT2D eigenvalue weighted by Gasteiger charge is 2.21. The summed E-state index contributed by atoms with van der Waals surface area (Å²) in [6, 6.07) is 7.75. The molecule has 0 saturated carbocycles. The number of fused-ring (bicyclic) bond motifs is 2. The standard InChI is InChI=1S/C21H23NO3S/c1-15(23)25-17-6-7-20-19(13-17)18(5-4-11-22-9-2-3-10-22)21-16(14-24-20)8-12-26-21/h5-8,12-13H,2-4,9-11,14H2,1H3/b18-5+. The summed E-state index contributed by atoms with van der Waals surface area (Å²) in [6.07, 6.45) is 5.95. The zero-order valence-electron chi connectivity index (χ0n) is 15.0. The number of nitrogens with zero attached hydrogens (tertiary/aromatic N) is 1. The Hall–Kier alpha value is -2.11. The van der Waals surface area contributed by atoms with E-state index >= 15 is 0 Å². The Morgan fingerprint density at radius 3 is 2.96 bits per heavy atom. The molecule has 2 aliphatic rings. The summed E-state index contributed by atoms with van der Waals surface area (Å²) in [5.41, 5.74) is 3.41. The number of carbonyl (C=O) groups is 1. The van der Waals surface area contributed by atoms with Gasteiger partial charge >= 0.3 is 5.97 Å². The quantitative estimate of drug-likeness (QED) is 0.588. The smallest absolute Gasteiger partial charge is 0.308 e. The minimum Gasteiger partial charge on any atom is -0.488 e. The normalized spacial score (nSPS) is 18.1. The number of benzene rings is 1. The van der Waals surface area contributed by atoms with E-state index in [9.17, 15) is 4.79 Å². The number of carbonyl (C=O) groups excluding carboxylic acids is 1. The van der Waals surface area contributed by atoms with E-state index in [0.717, 1.165) is 24.3 Å². The number of hydrogen-bond acceptors (Lipinski definition) is 5. The minimum atomic E-state index is -0.309. The van der Waals surface area contributed by atoms with Crippen molar-refractivity contribution in [1.29, 1.82) is 0 Å². The van der Waals surface area contributed by atoms with Crippen LogP contribution in [0.2, 0.25) is 0 Å². The summed E-state index contributed by atoms with van der Waals surface area (Å²) in [5.74, 6) is 1.10. The monoisotopic (exact) mass is 369 g/mol. The third kappa shape index (κ3) is 3.69. The van der Waals surface area contributed by atoms with Gasteiger partial charge in [-0.3, -0.25) is 4.79 Å². The van der Waals surface area contributed by atoms with Crippen LogP contribution in [0.25, 0.3) is 5.57 Å². The molecular weight excluding hydrogens is 346 g/mol. The molecule has 5 heteroatoms. The van der Waals surface area contributed by atoms with E-state index in [0.29, 0.717) is 12.4 Å². The fourth-order valence-electron chi connectivity index (χ4n) is 3.64. The number of hydrogen-bond donors (Lipinski definition) is 0. The van der Waals surface area contributed by atoms with Gasteiger partial charge in [-0.2, -0.15) is 0 Å². The van der Waals surface area contributed by atoms with Crippen LogP contribution < -0.4 is 9.47 Å². The Labute approximate surface area is 158 Å². The molecule has 0 N–H and O–H groups in total. The second kappa shape index (κ2) is 7.64. The SMILES string of the molecule is CC(=O)Oc1ccc2c(c1)/C(=C\CCN1CCCC1)c1sccc1CO2. The van der Waals surface area contributed by atoms with E-state index < -0.39 is 0 Å². The van der Waals surface area contributed by atoms with Crippen molar-refractivity contribution in [2.75, 3.05) is 19.6 Å². The van der Waals surface area contributed by atoms with Crippen molar-refractivity contribution >= 4 is 22.9 Å². The van der Waals surface area contributed by atoms with Crippen LogP contribution in [0.4, 0.5) is 0 Å². The Morgan fingerprint density at radius 2 is 2.15 bits per heavy atom. The third-order valence-electron chi connectivity index (χ3n) is 4.87. The van der Waals surface area contributed by atoms with Gasteiger partial charge < -0.3 is 14.4 Å². The summed E-state index contributed by atoms with van der Waals surface area (Å²) in [5, 5.41) is 2.11. The van der Waals surface area contributed by atoms with Crippen LogP contribution in [0.15, 0.2) is 35.7 Å². The number of ether oxygens (including phenoxy) is 2. The van der Waals surface area contributed by atoms with Crippen molar-refractivity contribution in [3.05, 3.63) is 51.7 Å². The van der Waals surface area contributed by atoms with E-state index in [1.165, 1.54) is 48.9 Å². The molecule has 0 bridgehead atoms. The van der Waals surface area contributed by atoms with Crippen LogP contribution in [-0.4, -0.2) is 30.5 Å². The van der Waals surface area contributed by atoms with Gasteiger partial charge in [0.2, 0.25) is 0 Å². The van der Waals surface area contributed by atoms with Gasteiger partial charge in [0.25, 0.3) is 0 Å². The molecule has 0 amide bonds. The molecule has 0 atom stereocenters. The van der Waals surface area contributed by atoms with E-state index in [1.807, 2.05) is 12.1 Å². The predicted molar refractivity (Wildman–Crippen MR) is 104 cm³/mol. The maximum Gasteiger partial charge on any atom is 0.308 e. The molecule has 2 aromatic rings. The van der Waals surface area contributed by atoms with E-state index in [4.69, 9.17) is 9.47 Å². The maximum atomic E-state index is 11.3. The molecule has 0 spiro atoms. The second-order valence-electron chi connectivity index (χ2n) is 6.77. The average molecular weight is 369 g/mol. The molecule has 136 valence electrons.